The monoisotopic (exact) mass is 267 g/mol. The van der Waals surface area contributed by atoms with Crippen LogP contribution < -0.4 is 10.1 Å². The van der Waals surface area contributed by atoms with E-state index in [1.54, 1.807) is 0 Å². The van der Waals surface area contributed by atoms with Crippen LogP contribution in [0.1, 0.15) is 37.3 Å². The molecule has 104 valence electrons. The summed E-state index contributed by atoms with van der Waals surface area (Å²) in [6.07, 6.45) is 1.36. The Bertz CT molecular complexity index is 574. The zero-order valence-electron chi connectivity index (χ0n) is 12.1. The van der Waals surface area contributed by atoms with Gasteiger partial charge in [-0.2, -0.15) is 0 Å². The van der Waals surface area contributed by atoms with Gasteiger partial charge in [-0.1, -0.05) is 30.3 Å². The molecular weight excluding hydrogens is 246 g/mol. The molecule has 0 bridgehead atoms. The van der Waals surface area contributed by atoms with E-state index in [-0.39, 0.29) is 6.10 Å². The molecule has 1 heterocycles. The summed E-state index contributed by atoms with van der Waals surface area (Å²) in [5, 5.41) is 3.48. The van der Waals surface area contributed by atoms with E-state index in [1.165, 1.54) is 16.8 Å². The molecule has 1 atom stereocenters. The van der Waals surface area contributed by atoms with Crippen molar-refractivity contribution in [3.05, 3.63) is 59.7 Å². The molecule has 1 unspecified atom stereocenters. The van der Waals surface area contributed by atoms with Gasteiger partial charge in [-0.05, 0) is 49.6 Å². The molecular formula is C18H21NO. The second kappa shape index (κ2) is 5.58. The van der Waals surface area contributed by atoms with Gasteiger partial charge < -0.3 is 10.1 Å². The van der Waals surface area contributed by atoms with E-state index in [0.717, 1.165) is 18.7 Å². The first kappa shape index (κ1) is 13.0. The van der Waals surface area contributed by atoms with Gasteiger partial charge in [0, 0.05) is 18.2 Å². The van der Waals surface area contributed by atoms with Crippen molar-refractivity contribution in [2.24, 2.45) is 0 Å². The predicted molar refractivity (Wildman–Crippen MR) is 83.6 cm³/mol. The number of nitrogens with one attached hydrogen (secondary N) is 1. The van der Waals surface area contributed by atoms with E-state index in [4.69, 9.17) is 4.74 Å². The molecule has 2 heteroatoms. The first-order valence-corrected chi connectivity index (χ1v) is 7.33. The maximum absolute atomic E-state index is 5.71. The summed E-state index contributed by atoms with van der Waals surface area (Å²) in [5.74, 6) is 1.44. The summed E-state index contributed by atoms with van der Waals surface area (Å²) in [6, 6.07) is 17.2. The number of anilines is 1. The van der Waals surface area contributed by atoms with Crippen LogP contribution in [-0.4, -0.2) is 12.6 Å². The maximum atomic E-state index is 5.71. The Morgan fingerprint density at radius 1 is 1.05 bits per heavy atom. The Hall–Kier alpha value is -1.96. The van der Waals surface area contributed by atoms with Crippen LogP contribution in [0.2, 0.25) is 0 Å². The third-order valence-corrected chi connectivity index (χ3v) is 3.74. The van der Waals surface area contributed by atoms with E-state index >= 15 is 0 Å². The molecule has 0 saturated carbocycles. The lowest BCUT2D eigenvalue weighted by Crippen LogP contribution is -2.17. The van der Waals surface area contributed by atoms with E-state index in [2.05, 4.69) is 67.7 Å². The Morgan fingerprint density at radius 2 is 1.80 bits per heavy atom. The molecule has 1 aliphatic heterocycles. The van der Waals surface area contributed by atoms with Crippen molar-refractivity contribution in [2.45, 2.75) is 32.3 Å². The highest BCUT2D eigenvalue weighted by Gasteiger charge is 2.20. The standard InChI is InChI=1S/C18H21NO/c1-13(2)20-15-9-7-14(8-10-15)16-11-12-19-18-6-4-3-5-17(16)18/h3-10,13,16,19H,11-12H2,1-2H3. The molecule has 2 nitrogen and oxygen atoms in total. The minimum atomic E-state index is 0.223. The maximum Gasteiger partial charge on any atom is 0.119 e. The lowest BCUT2D eigenvalue weighted by atomic mass is 9.85. The molecule has 3 rings (SSSR count). The summed E-state index contributed by atoms with van der Waals surface area (Å²) in [7, 11) is 0. The third kappa shape index (κ3) is 2.64. The van der Waals surface area contributed by atoms with Gasteiger partial charge in [0.2, 0.25) is 0 Å². The zero-order valence-corrected chi connectivity index (χ0v) is 12.1. The fourth-order valence-electron chi connectivity index (χ4n) is 2.87. The zero-order chi connectivity index (χ0) is 13.9. The quantitative estimate of drug-likeness (QED) is 0.888. The van der Waals surface area contributed by atoms with Gasteiger partial charge >= 0.3 is 0 Å². The minimum Gasteiger partial charge on any atom is -0.491 e. The van der Waals surface area contributed by atoms with Crippen LogP contribution in [-0.2, 0) is 0 Å². The highest BCUT2D eigenvalue weighted by atomic mass is 16.5. The molecule has 0 spiro atoms. The lowest BCUT2D eigenvalue weighted by Gasteiger charge is -2.27. The van der Waals surface area contributed by atoms with Crippen LogP contribution in [0.5, 0.6) is 5.75 Å². The second-order valence-electron chi connectivity index (χ2n) is 5.59. The fraction of sp³-hybridized carbons (Fsp3) is 0.333. The van der Waals surface area contributed by atoms with E-state index < -0.39 is 0 Å². The summed E-state index contributed by atoms with van der Waals surface area (Å²) < 4.78 is 5.71. The van der Waals surface area contributed by atoms with Crippen molar-refractivity contribution >= 4 is 5.69 Å². The van der Waals surface area contributed by atoms with Gasteiger partial charge in [-0.3, -0.25) is 0 Å². The molecule has 0 amide bonds. The second-order valence-corrected chi connectivity index (χ2v) is 5.59. The number of hydrogen-bond acceptors (Lipinski definition) is 2. The Balaban J connectivity index is 1.87. The highest BCUT2D eigenvalue weighted by molar-refractivity contribution is 5.57. The van der Waals surface area contributed by atoms with Crippen LogP contribution in [0.4, 0.5) is 5.69 Å². The highest BCUT2D eigenvalue weighted by Crippen LogP contribution is 2.36. The van der Waals surface area contributed by atoms with Crippen molar-refractivity contribution in [1.29, 1.82) is 0 Å². The largest absolute Gasteiger partial charge is 0.491 e. The number of ether oxygens (including phenoxy) is 1. The van der Waals surface area contributed by atoms with Gasteiger partial charge in [0.25, 0.3) is 0 Å². The lowest BCUT2D eigenvalue weighted by molar-refractivity contribution is 0.242. The van der Waals surface area contributed by atoms with Gasteiger partial charge in [-0.25, -0.2) is 0 Å². The summed E-state index contributed by atoms with van der Waals surface area (Å²) in [4.78, 5) is 0. The first-order chi connectivity index (χ1) is 9.74. The normalized spacial score (nSPS) is 17.4. The molecule has 0 aliphatic carbocycles. The number of rotatable bonds is 3. The molecule has 2 aromatic rings. The summed E-state index contributed by atoms with van der Waals surface area (Å²) >= 11 is 0. The first-order valence-electron chi connectivity index (χ1n) is 7.33. The molecule has 0 aromatic heterocycles. The Kier molecular flexibility index (Phi) is 3.64. The number of para-hydroxylation sites is 1. The number of hydrogen-bond donors (Lipinski definition) is 1. The minimum absolute atomic E-state index is 0.223. The van der Waals surface area contributed by atoms with Crippen molar-refractivity contribution in [3.63, 3.8) is 0 Å². The number of fused-ring (bicyclic) bond motifs is 1. The van der Waals surface area contributed by atoms with Crippen molar-refractivity contribution in [3.8, 4) is 5.75 Å². The van der Waals surface area contributed by atoms with Crippen LogP contribution >= 0.6 is 0 Å². The average molecular weight is 267 g/mol. The van der Waals surface area contributed by atoms with Gasteiger partial charge in [0.1, 0.15) is 5.75 Å². The topological polar surface area (TPSA) is 21.3 Å². The van der Waals surface area contributed by atoms with Crippen LogP contribution in [0.3, 0.4) is 0 Å². The molecule has 1 aliphatic rings. The SMILES string of the molecule is CC(C)Oc1ccc(C2CCNc3ccccc32)cc1. The van der Waals surface area contributed by atoms with Crippen LogP contribution in [0, 0.1) is 0 Å². The van der Waals surface area contributed by atoms with Gasteiger partial charge in [0.05, 0.1) is 6.10 Å². The molecule has 2 aromatic carbocycles. The average Bonchev–Trinajstić information content (AvgIpc) is 2.47. The third-order valence-electron chi connectivity index (χ3n) is 3.74. The van der Waals surface area contributed by atoms with Crippen LogP contribution in [0.15, 0.2) is 48.5 Å². The number of benzene rings is 2. The van der Waals surface area contributed by atoms with E-state index in [0.29, 0.717) is 5.92 Å². The Morgan fingerprint density at radius 3 is 2.55 bits per heavy atom. The van der Waals surface area contributed by atoms with Crippen LogP contribution in [0.25, 0.3) is 0 Å². The summed E-state index contributed by atoms with van der Waals surface area (Å²) in [6.45, 7) is 5.14. The predicted octanol–water partition coefficient (Wildman–Crippen LogP) is 4.42. The smallest absolute Gasteiger partial charge is 0.119 e. The van der Waals surface area contributed by atoms with E-state index in [9.17, 15) is 0 Å². The van der Waals surface area contributed by atoms with Gasteiger partial charge in [0.15, 0.2) is 0 Å². The van der Waals surface area contributed by atoms with Crippen molar-refractivity contribution in [2.75, 3.05) is 11.9 Å². The molecule has 0 saturated heterocycles. The molecule has 1 N–H and O–H groups in total. The van der Waals surface area contributed by atoms with Crippen molar-refractivity contribution in [1.82, 2.24) is 0 Å². The molecule has 20 heavy (non-hydrogen) atoms. The Labute approximate surface area is 120 Å². The van der Waals surface area contributed by atoms with E-state index in [1.807, 2.05) is 0 Å². The molecule has 0 fully saturated rings. The molecule has 0 radical (unpaired) electrons. The fourth-order valence-corrected chi connectivity index (χ4v) is 2.87. The van der Waals surface area contributed by atoms with Crippen molar-refractivity contribution < 1.29 is 4.74 Å². The summed E-state index contributed by atoms with van der Waals surface area (Å²) in [5.41, 5.74) is 4.04. The van der Waals surface area contributed by atoms with Gasteiger partial charge in [-0.15, -0.1) is 0 Å².